The van der Waals surface area contributed by atoms with Crippen LogP contribution in [0.3, 0.4) is 0 Å². The Morgan fingerprint density at radius 1 is 1.30 bits per heavy atom. The number of anilines is 1. The fraction of sp³-hybridized carbons (Fsp3) is 0.176. The predicted octanol–water partition coefficient (Wildman–Crippen LogP) is 0.470. The first-order valence-corrected chi connectivity index (χ1v) is 8.36. The van der Waals surface area contributed by atoms with Crippen LogP contribution in [0.15, 0.2) is 47.2 Å². The Labute approximate surface area is 159 Å². The minimum absolute atomic E-state index is 0.0851. The summed E-state index contributed by atoms with van der Waals surface area (Å²) < 4.78 is 4.95. The number of carbonyl (C=O) groups is 4. The molecule has 138 valence electrons. The molecule has 27 heavy (non-hydrogen) atoms. The fourth-order valence-corrected chi connectivity index (χ4v) is 2.71. The smallest absolute Gasteiger partial charge is 0.359 e. The molecule has 10 heteroatoms. The number of ether oxygens (including phenoxy) is 1. The number of rotatable bonds is 4. The number of para-hydroxylation sites is 1. The zero-order valence-electron chi connectivity index (χ0n) is 14.2. The third kappa shape index (κ3) is 3.60. The predicted molar refractivity (Wildman–Crippen MR) is 98.3 cm³/mol. The quantitative estimate of drug-likeness (QED) is 0.349. The van der Waals surface area contributed by atoms with Gasteiger partial charge in [0, 0.05) is 6.20 Å². The average Bonchev–Trinajstić information content (AvgIpc) is 2.95. The van der Waals surface area contributed by atoms with E-state index in [1.54, 1.807) is 37.3 Å². The van der Waals surface area contributed by atoms with Gasteiger partial charge in [0.1, 0.15) is 6.42 Å². The molecular formula is C17H14N4O5S. The first-order chi connectivity index (χ1) is 12.9. The van der Waals surface area contributed by atoms with Gasteiger partial charge in [0.15, 0.2) is 10.8 Å². The first kappa shape index (κ1) is 18.4. The van der Waals surface area contributed by atoms with Gasteiger partial charge in [-0.3, -0.25) is 19.3 Å². The molecule has 0 aliphatic carbocycles. The van der Waals surface area contributed by atoms with Gasteiger partial charge < -0.3 is 10.1 Å². The van der Waals surface area contributed by atoms with Crippen LogP contribution in [0, 0.1) is 0 Å². The standard InChI is InChI=1S/C17H14N4O5S/c1-2-26-16(25)14-11(9-20-13(23)8-12(22)18-17(20)27)15(24)21(19-14)10-6-4-3-5-7-10/h3-7,9H,2,8H2,1H3,(H,18,22,27)/b11-9-. The number of hydrogen-bond donors (Lipinski definition) is 1. The topological polar surface area (TPSA) is 108 Å². The first-order valence-electron chi connectivity index (χ1n) is 7.95. The number of amides is 3. The van der Waals surface area contributed by atoms with Gasteiger partial charge in [0.05, 0.1) is 17.9 Å². The average molecular weight is 386 g/mol. The van der Waals surface area contributed by atoms with Crippen molar-refractivity contribution < 1.29 is 23.9 Å². The van der Waals surface area contributed by atoms with Gasteiger partial charge in [-0.2, -0.15) is 10.1 Å². The Balaban J connectivity index is 2.01. The number of carbonyl (C=O) groups excluding carboxylic acids is 4. The molecule has 0 radical (unpaired) electrons. The molecule has 1 aromatic carbocycles. The van der Waals surface area contributed by atoms with Gasteiger partial charge in [-0.15, -0.1) is 0 Å². The van der Waals surface area contributed by atoms with Crippen LogP contribution in [0.5, 0.6) is 0 Å². The Morgan fingerprint density at radius 2 is 2.00 bits per heavy atom. The summed E-state index contributed by atoms with van der Waals surface area (Å²) in [6.45, 7) is 1.70. The van der Waals surface area contributed by atoms with Gasteiger partial charge in [-0.1, -0.05) is 18.2 Å². The number of nitrogens with one attached hydrogen (secondary N) is 1. The van der Waals surface area contributed by atoms with E-state index in [0.717, 1.165) is 16.1 Å². The summed E-state index contributed by atoms with van der Waals surface area (Å²) in [7, 11) is 0. The Kier molecular flexibility index (Phi) is 5.08. The third-order valence-corrected chi connectivity index (χ3v) is 3.95. The molecule has 3 rings (SSSR count). The lowest BCUT2D eigenvalue weighted by Crippen LogP contribution is -2.50. The maximum absolute atomic E-state index is 12.8. The van der Waals surface area contributed by atoms with E-state index in [-0.39, 0.29) is 23.0 Å². The van der Waals surface area contributed by atoms with E-state index in [1.807, 2.05) is 0 Å². The molecular weight excluding hydrogens is 372 g/mol. The number of esters is 1. The maximum Gasteiger partial charge on any atom is 0.359 e. The van der Waals surface area contributed by atoms with E-state index in [1.165, 1.54) is 0 Å². The molecule has 3 amide bonds. The second-order valence-electron chi connectivity index (χ2n) is 5.46. The molecule has 0 saturated carbocycles. The highest BCUT2D eigenvalue weighted by atomic mass is 32.1. The highest BCUT2D eigenvalue weighted by molar-refractivity contribution is 7.80. The highest BCUT2D eigenvalue weighted by Gasteiger charge is 2.38. The van der Waals surface area contributed by atoms with Crippen LogP contribution >= 0.6 is 12.2 Å². The van der Waals surface area contributed by atoms with Crippen LogP contribution < -0.4 is 10.3 Å². The minimum atomic E-state index is -0.810. The van der Waals surface area contributed by atoms with Crippen molar-refractivity contribution in [3.63, 3.8) is 0 Å². The number of hydrogen-bond acceptors (Lipinski definition) is 7. The lowest BCUT2D eigenvalue weighted by atomic mass is 10.1. The summed E-state index contributed by atoms with van der Waals surface area (Å²) in [5, 5.41) is 7.24. The zero-order valence-corrected chi connectivity index (χ0v) is 15.0. The monoisotopic (exact) mass is 386 g/mol. The Bertz CT molecular complexity index is 889. The van der Waals surface area contributed by atoms with E-state index in [0.29, 0.717) is 5.69 Å². The van der Waals surface area contributed by atoms with Crippen LogP contribution in [0.4, 0.5) is 5.69 Å². The van der Waals surface area contributed by atoms with E-state index in [2.05, 4.69) is 10.4 Å². The molecule has 0 spiro atoms. The Hall–Kier alpha value is -3.40. The van der Waals surface area contributed by atoms with Gasteiger partial charge in [0.25, 0.3) is 5.91 Å². The summed E-state index contributed by atoms with van der Waals surface area (Å²) >= 11 is 4.98. The molecule has 0 unspecified atom stereocenters. The summed E-state index contributed by atoms with van der Waals surface area (Å²) in [5.74, 6) is -2.60. The molecule has 1 aromatic rings. The normalized spacial score (nSPS) is 18.7. The molecule has 9 nitrogen and oxygen atoms in total. The largest absolute Gasteiger partial charge is 0.461 e. The van der Waals surface area contributed by atoms with Crippen molar-refractivity contribution in [2.24, 2.45) is 5.10 Å². The molecule has 1 saturated heterocycles. The summed E-state index contributed by atoms with van der Waals surface area (Å²) in [5.41, 5.74) is 0.0240. The minimum Gasteiger partial charge on any atom is -0.461 e. The van der Waals surface area contributed by atoms with E-state index in [4.69, 9.17) is 17.0 Å². The molecule has 2 aliphatic heterocycles. The molecule has 0 bridgehead atoms. The summed E-state index contributed by atoms with van der Waals surface area (Å²) in [4.78, 5) is 49.5. The lowest BCUT2D eigenvalue weighted by molar-refractivity contribution is -0.135. The second-order valence-corrected chi connectivity index (χ2v) is 5.84. The van der Waals surface area contributed by atoms with E-state index in [9.17, 15) is 19.2 Å². The summed E-state index contributed by atoms with van der Waals surface area (Å²) in [6, 6.07) is 8.48. The third-order valence-electron chi connectivity index (χ3n) is 3.65. The molecule has 2 aliphatic rings. The number of hydrazone groups is 1. The van der Waals surface area contributed by atoms with Crippen molar-refractivity contribution >= 4 is 52.4 Å². The molecule has 0 atom stereocenters. The SMILES string of the molecule is CCOC(=O)C1=NN(c2ccccc2)C(=O)/C1=C\N1C(=O)CC(=O)NC1=S. The lowest BCUT2D eigenvalue weighted by Gasteiger charge is -2.24. The van der Waals surface area contributed by atoms with Crippen molar-refractivity contribution in [2.75, 3.05) is 11.6 Å². The molecule has 0 aromatic heterocycles. The van der Waals surface area contributed by atoms with Crippen molar-refractivity contribution in [1.82, 2.24) is 10.2 Å². The highest BCUT2D eigenvalue weighted by Crippen LogP contribution is 2.24. The second kappa shape index (κ2) is 7.46. The zero-order chi connectivity index (χ0) is 19.6. The number of thiocarbonyl (C=S) groups is 1. The van der Waals surface area contributed by atoms with Crippen molar-refractivity contribution in [1.29, 1.82) is 0 Å². The number of nitrogens with zero attached hydrogens (tertiary/aromatic N) is 3. The maximum atomic E-state index is 12.8. The van der Waals surface area contributed by atoms with Crippen molar-refractivity contribution in [3.05, 3.63) is 42.1 Å². The number of benzene rings is 1. The van der Waals surface area contributed by atoms with Gasteiger partial charge in [-0.25, -0.2) is 4.79 Å². The molecule has 2 heterocycles. The van der Waals surface area contributed by atoms with Crippen LogP contribution in [0.1, 0.15) is 13.3 Å². The van der Waals surface area contributed by atoms with Crippen molar-refractivity contribution in [2.45, 2.75) is 13.3 Å². The molecule has 1 fully saturated rings. The van der Waals surface area contributed by atoms with Crippen LogP contribution in [0.2, 0.25) is 0 Å². The van der Waals surface area contributed by atoms with E-state index < -0.39 is 30.1 Å². The van der Waals surface area contributed by atoms with Gasteiger partial charge >= 0.3 is 5.97 Å². The van der Waals surface area contributed by atoms with Crippen molar-refractivity contribution in [3.8, 4) is 0 Å². The van der Waals surface area contributed by atoms with Crippen LogP contribution in [-0.4, -0.2) is 46.0 Å². The van der Waals surface area contributed by atoms with Gasteiger partial charge in [0.2, 0.25) is 11.8 Å². The fourth-order valence-electron chi connectivity index (χ4n) is 2.44. The van der Waals surface area contributed by atoms with E-state index >= 15 is 0 Å². The van der Waals surface area contributed by atoms with Gasteiger partial charge in [-0.05, 0) is 31.3 Å². The Morgan fingerprint density at radius 3 is 2.63 bits per heavy atom. The summed E-state index contributed by atoms with van der Waals surface area (Å²) in [6.07, 6.45) is 0.678. The van der Waals surface area contributed by atoms with Crippen LogP contribution in [-0.2, 0) is 23.9 Å². The van der Waals surface area contributed by atoms with Crippen LogP contribution in [0.25, 0.3) is 0 Å². The molecule has 1 N–H and O–H groups in total.